The van der Waals surface area contributed by atoms with Gasteiger partial charge in [0.25, 0.3) is 0 Å². The zero-order chi connectivity index (χ0) is 14.3. The van der Waals surface area contributed by atoms with Crippen molar-refractivity contribution in [3.8, 4) is 17.2 Å². The molecule has 1 aromatic carbocycles. The van der Waals surface area contributed by atoms with Gasteiger partial charge in [0, 0.05) is 0 Å². The van der Waals surface area contributed by atoms with Gasteiger partial charge in [-0.1, -0.05) is 0 Å². The summed E-state index contributed by atoms with van der Waals surface area (Å²) in [4.78, 5) is 0. The van der Waals surface area contributed by atoms with E-state index in [0.717, 1.165) is 21.8 Å². The molecule has 6 heteroatoms. The van der Waals surface area contributed by atoms with Gasteiger partial charge in [0.15, 0.2) is 0 Å². The molecule has 0 saturated heterocycles. The summed E-state index contributed by atoms with van der Waals surface area (Å²) in [5.41, 5.74) is 0.785. The van der Waals surface area contributed by atoms with Gasteiger partial charge < -0.3 is 0 Å². The first kappa shape index (κ1) is 16.1. The van der Waals surface area contributed by atoms with E-state index in [2.05, 4.69) is 0 Å². The molecule has 0 radical (unpaired) electrons. The maximum atomic E-state index is 9.49. The monoisotopic (exact) mass is 336 g/mol. The minimum atomic E-state index is -0.0765. The van der Waals surface area contributed by atoms with Crippen molar-refractivity contribution < 1.29 is 24.4 Å². The molecule has 0 spiro atoms. The quantitative estimate of drug-likeness (QED) is 0.530. The molecule has 0 aromatic heterocycles. The number of ether oxygens (including phenoxy) is 3. The molecule has 0 unspecified atom stereocenters. The van der Waals surface area contributed by atoms with E-state index in [9.17, 15) is 5.11 Å². The molecule has 1 rings (SSSR count). The molecular formula is C13H20O5Se. The molecule has 0 fully saturated rings. The van der Waals surface area contributed by atoms with Crippen LogP contribution in [0, 0.1) is 0 Å². The summed E-state index contributed by atoms with van der Waals surface area (Å²) in [7, 11) is 4.68. The van der Waals surface area contributed by atoms with Crippen molar-refractivity contribution in [3.63, 3.8) is 0 Å². The van der Waals surface area contributed by atoms with Crippen LogP contribution < -0.4 is 18.7 Å². The summed E-state index contributed by atoms with van der Waals surface area (Å²) in [5, 5.41) is 19.2. The van der Waals surface area contributed by atoms with Crippen LogP contribution in [0.25, 0.3) is 0 Å². The average Bonchev–Trinajstić information content (AvgIpc) is 2.46. The number of hydrogen-bond donors (Lipinski definition) is 2. The van der Waals surface area contributed by atoms with Crippen LogP contribution in [0.2, 0.25) is 5.32 Å². The normalized spacial score (nSPS) is 10.4. The Hall–Kier alpha value is -0.941. The van der Waals surface area contributed by atoms with Crippen molar-refractivity contribution in [2.24, 2.45) is 0 Å². The summed E-state index contributed by atoms with van der Waals surface area (Å²) in [6, 6.07) is 1.78. The Kier molecular flexibility index (Phi) is 7.02. The molecule has 19 heavy (non-hydrogen) atoms. The zero-order valence-electron chi connectivity index (χ0n) is 11.4. The van der Waals surface area contributed by atoms with Gasteiger partial charge in [-0.25, -0.2) is 0 Å². The van der Waals surface area contributed by atoms with Crippen LogP contribution in [0.5, 0.6) is 17.2 Å². The third kappa shape index (κ3) is 3.76. The first-order chi connectivity index (χ1) is 9.23. The predicted molar refractivity (Wildman–Crippen MR) is 73.9 cm³/mol. The van der Waals surface area contributed by atoms with E-state index in [1.165, 1.54) is 0 Å². The van der Waals surface area contributed by atoms with Crippen molar-refractivity contribution in [1.82, 2.24) is 0 Å². The maximum absolute atomic E-state index is 9.49. The van der Waals surface area contributed by atoms with E-state index < -0.39 is 0 Å². The fourth-order valence-electron chi connectivity index (χ4n) is 1.69. The second-order valence-corrected chi connectivity index (χ2v) is 6.04. The van der Waals surface area contributed by atoms with Crippen molar-refractivity contribution >= 4 is 19.4 Å². The number of aliphatic hydroxyl groups excluding tert-OH is 2. The summed E-state index contributed by atoms with van der Waals surface area (Å²) in [6.45, 7) is 0.0960. The van der Waals surface area contributed by atoms with Crippen molar-refractivity contribution in [2.75, 3.05) is 27.9 Å². The Balaban J connectivity index is 3.23. The summed E-state index contributed by atoms with van der Waals surface area (Å²) >= 11 is 0.103. The molecule has 0 saturated carbocycles. The van der Waals surface area contributed by atoms with Gasteiger partial charge in [-0.2, -0.15) is 0 Å². The number of hydrogen-bond acceptors (Lipinski definition) is 5. The number of rotatable bonds is 8. The third-order valence-electron chi connectivity index (χ3n) is 2.58. The van der Waals surface area contributed by atoms with Gasteiger partial charge in [-0.05, 0) is 0 Å². The fourth-order valence-corrected chi connectivity index (χ4v) is 3.99. The molecule has 0 aliphatic rings. The van der Waals surface area contributed by atoms with Crippen LogP contribution in [0.4, 0.5) is 0 Å². The first-order valence-electron chi connectivity index (χ1n) is 5.89. The van der Waals surface area contributed by atoms with E-state index in [1.54, 1.807) is 27.4 Å². The van der Waals surface area contributed by atoms with E-state index >= 15 is 0 Å². The van der Waals surface area contributed by atoms with Crippen LogP contribution in [0.1, 0.15) is 12.0 Å². The number of aliphatic hydroxyl groups is 2. The van der Waals surface area contributed by atoms with Crippen LogP contribution >= 0.6 is 0 Å². The molecule has 0 atom stereocenters. The molecule has 2 N–H and O–H groups in total. The van der Waals surface area contributed by atoms with Gasteiger partial charge in [0.1, 0.15) is 0 Å². The van der Waals surface area contributed by atoms with Crippen LogP contribution in [-0.4, -0.2) is 53.1 Å². The fraction of sp³-hybridized carbons (Fsp3) is 0.538. The zero-order valence-corrected chi connectivity index (χ0v) is 13.1. The Labute approximate surface area is 119 Å². The standard InChI is InChI=1S/C13H20O5Se/c1-16-10-7-9(8-15)13(19-6-4-5-14)12(18-3)11(10)17-2/h7,14-15H,4-6,8H2,1-3H3. The Morgan fingerprint density at radius 1 is 1.05 bits per heavy atom. The topological polar surface area (TPSA) is 68.2 Å². The summed E-state index contributed by atoms with van der Waals surface area (Å²) < 4.78 is 17.0. The second kappa shape index (κ2) is 8.27. The third-order valence-corrected chi connectivity index (χ3v) is 5.16. The summed E-state index contributed by atoms with van der Waals surface area (Å²) in [5.74, 6) is 1.71. The van der Waals surface area contributed by atoms with Gasteiger partial charge in [-0.3, -0.25) is 0 Å². The van der Waals surface area contributed by atoms with E-state index in [-0.39, 0.29) is 28.2 Å². The molecular weight excluding hydrogens is 315 g/mol. The second-order valence-electron chi connectivity index (χ2n) is 3.72. The summed E-state index contributed by atoms with van der Waals surface area (Å²) in [6.07, 6.45) is 0.738. The van der Waals surface area contributed by atoms with E-state index in [1.807, 2.05) is 0 Å². The predicted octanol–water partition coefficient (Wildman–Crippen LogP) is 0.335. The molecule has 0 amide bonds. The molecule has 0 aliphatic carbocycles. The number of benzene rings is 1. The van der Waals surface area contributed by atoms with Crippen LogP contribution in [-0.2, 0) is 6.61 Å². The molecule has 0 bridgehead atoms. The first-order valence-corrected chi connectivity index (χ1v) is 7.96. The molecule has 1 aromatic rings. The van der Waals surface area contributed by atoms with E-state index in [0.29, 0.717) is 17.2 Å². The Bertz CT molecular complexity index is 409. The van der Waals surface area contributed by atoms with Gasteiger partial charge in [0.2, 0.25) is 0 Å². The number of methoxy groups -OCH3 is 3. The SMILES string of the molecule is COc1cc(CO)c([Se]CCCO)c(OC)c1OC. The van der Waals surface area contributed by atoms with Crippen molar-refractivity contribution in [1.29, 1.82) is 0 Å². The van der Waals surface area contributed by atoms with Gasteiger partial charge >= 0.3 is 119 Å². The molecule has 0 aliphatic heterocycles. The molecule has 5 nitrogen and oxygen atoms in total. The van der Waals surface area contributed by atoms with Crippen LogP contribution in [0.15, 0.2) is 6.07 Å². The van der Waals surface area contributed by atoms with Crippen molar-refractivity contribution in [3.05, 3.63) is 11.6 Å². The van der Waals surface area contributed by atoms with E-state index in [4.69, 9.17) is 19.3 Å². The Morgan fingerprint density at radius 2 is 1.74 bits per heavy atom. The molecule has 0 heterocycles. The average molecular weight is 335 g/mol. The van der Waals surface area contributed by atoms with Gasteiger partial charge in [-0.15, -0.1) is 0 Å². The van der Waals surface area contributed by atoms with Crippen molar-refractivity contribution in [2.45, 2.75) is 18.3 Å². The minimum absolute atomic E-state index is 0.0765. The molecule has 108 valence electrons. The van der Waals surface area contributed by atoms with Crippen LogP contribution in [0.3, 0.4) is 0 Å². The van der Waals surface area contributed by atoms with Gasteiger partial charge in [0.05, 0.1) is 0 Å². The Morgan fingerprint density at radius 3 is 2.21 bits per heavy atom.